The first-order valence-corrected chi connectivity index (χ1v) is 7.90. The zero-order valence-electron chi connectivity index (χ0n) is 11.9. The first-order chi connectivity index (χ1) is 10.8. The lowest BCUT2D eigenvalue weighted by atomic mass is 10.1. The second kappa shape index (κ2) is 6.62. The Hall–Kier alpha value is -2.33. The minimum absolute atomic E-state index is 0.0234. The minimum Gasteiger partial charge on any atom is -0.298 e. The Kier molecular flexibility index (Phi) is 4.39. The topological polar surface area (TPSA) is 37.4 Å². The van der Waals surface area contributed by atoms with E-state index in [1.165, 1.54) is 11.8 Å². The maximum absolute atomic E-state index is 12.4. The van der Waals surface area contributed by atoms with Crippen LogP contribution < -0.4 is 4.90 Å². The number of amides is 1. The van der Waals surface area contributed by atoms with E-state index in [1.807, 2.05) is 60.7 Å². The van der Waals surface area contributed by atoms with Gasteiger partial charge in [0.2, 0.25) is 5.91 Å². The summed E-state index contributed by atoms with van der Waals surface area (Å²) in [6.45, 7) is 0. The lowest BCUT2D eigenvalue weighted by Crippen LogP contribution is -2.33. The fraction of sp³-hybridized carbons (Fsp3) is 0.111. The van der Waals surface area contributed by atoms with Gasteiger partial charge in [0.1, 0.15) is 6.29 Å². The van der Waals surface area contributed by atoms with Gasteiger partial charge >= 0.3 is 0 Å². The van der Waals surface area contributed by atoms with Gasteiger partial charge in [0, 0.05) is 22.6 Å². The van der Waals surface area contributed by atoms with Gasteiger partial charge in [-0.15, -0.1) is 0 Å². The second-order valence-electron chi connectivity index (χ2n) is 4.93. The van der Waals surface area contributed by atoms with E-state index in [9.17, 15) is 9.59 Å². The summed E-state index contributed by atoms with van der Waals surface area (Å²) in [6, 6.07) is 19.2. The van der Waals surface area contributed by atoms with Crippen molar-refractivity contribution in [2.24, 2.45) is 0 Å². The van der Waals surface area contributed by atoms with Crippen LogP contribution >= 0.6 is 11.8 Å². The lowest BCUT2D eigenvalue weighted by molar-refractivity contribution is -0.118. The minimum atomic E-state index is 0.0234. The van der Waals surface area contributed by atoms with E-state index in [0.29, 0.717) is 23.4 Å². The number of thioether (sulfide) groups is 1. The van der Waals surface area contributed by atoms with Gasteiger partial charge in [-0.3, -0.25) is 14.5 Å². The normalized spacial score (nSPS) is 15.1. The molecule has 0 radical (unpaired) electrons. The zero-order valence-corrected chi connectivity index (χ0v) is 12.8. The van der Waals surface area contributed by atoms with Gasteiger partial charge < -0.3 is 0 Å². The summed E-state index contributed by atoms with van der Waals surface area (Å²) in [5.74, 6) is 0.0234. The molecule has 1 amide bonds. The van der Waals surface area contributed by atoms with Crippen molar-refractivity contribution >= 4 is 29.6 Å². The molecule has 4 heteroatoms. The van der Waals surface area contributed by atoms with Crippen LogP contribution in [0, 0.1) is 0 Å². The van der Waals surface area contributed by atoms with Crippen molar-refractivity contribution in [2.45, 2.75) is 17.7 Å². The molecule has 1 aliphatic heterocycles. The van der Waals surface area contributed by atoms with Gasteiger partial charge in [0.15, 0.2) is 0 Å². The van der Waals surface area contributed by atoms with Gasteiger partial charge in [0.05, 0.1) is 5.03 Å². The molecule has 0 spiro atoms. The van der Waals surface area contributed by atoms with Crippen molar-refractivity contribution in [3.8, 4) is 0 Å². The molecule has 2 aromatic carbocycles. The van der Waals surface area contributed by atoms with E-state index in [0.717, 1.165) is 16.9 Å². The molecule has 0 unspecified atom stereocenters. The highest BCUT2D eigenvalue weighted by atomic mass is 32.2. The number of carbonyl (C=O) groups is 2. The Morgan fingerprint density at radius 3 is 2.18 bits per heavy atom. The molecule has 0 saturated carbocycles. The predicted octanol–water partition coefficient (Wildman–Crippen LogP) is 4.02. The summed E-state index contributed by atoms with van der Waals surface area (Å²) < 4.78 is 0. The van der Waals surface area contributed by atoms with Crippen LogP contribution in [0.25, 0.3) is 0 Å². The van der Waals surface area contributed by atoms with Crippen molar-refractivity contribution in [1.29, 1.82) is 0 Å². The molecule has 0 bridgehead atoms. The van der Waals surface area contributed by atoms with Crippen molar-refractivity contribution in [1.82, 2.24) is 0 Å². The molecule has 1 aliphatic rings. The van der Waals surface area contributed by atoms with Crippen LogP contribution in [0.15, 0.2) is 76.2 Å². The van der Waals surface area contributed by atoms with E-state index in [4.69, 9.17) is 0 Å². The van der Waals surface area contributed by atoms with Gasteiger partial charge in [0.25, 0.3) is 0 Å². The van der Waals surface area contributed by atoms with E-state index in [1.54, 1.807) is 4.90 Å². The van der Waals surface area contributed by atoms with Crippen molar-refractivity contribution in [3.63, 3.8) is 0 Å². The first kappa shape index (κ1) is 14.6. The molecule has 3 rings (SSSR count). The molecule has 1 heterocycles. The summed E-state index contributed by atoms with van der Waals surface area (Å²) in [6.07, 6.45) is 1.73. The maximum Gasteiger partial charge on any atom is 0.232 e. The monoisotopic (exact) mass is 309 g/mol. The average Bonchev–Trinajstić information content (AvgIpc) is 2.57. The standard InChI is InChI=1S/C18H15NO2S/c20-13-14-11-12-17(21)19(15-7-3-1-4-8-15)18(14)22-16-9-5-2-6-10-16/h1-10,13H,11-12H2. The largest absolute Gasteiger partial charge is 0.298 e. The molecule has 0 fully saturated rings. The van der Waals surface area contributed by atoms with Gasteiger partial charge in [-0.25, -0.2) is 0 Å². The molecule has 3 nitrogen and oxygen atoms in total. The number of allylic oxidation sites excluding steroid dienone is 1. The summed E-state index contributed by atoms with van der Waals surface area (Å²) in [5, 5.41) is 0.712. The number of anilines is 1. The van der Waals surface area contributed by atoms with Crippen LogP contribution in [0.4, 0.5) is 5.69 Å². The number of hydrogen-bond acceptors (Lipinski definition) is 3. The third-order valence-electron chi connectivity index (χ3n) is 3.45. The number of hydrogen-bond donors (Lipinski definition) is 0. The molecular formula is C18H15NO2S. The van der Waals surface area contributed by atoms with Crippen LogP contribution in [0.3, 0.4) is 0 Å². The summed E-state index contributed by atoms with van der Waals surface area (Å²) in [4.78, 5) is 26.5. The van der Waals surface area contributed by atoms with Crippen LogP contribution in [0.2, 0.25) is 0 Å². The van der Waals surface area contributed by atoms with Crippen molar-refractivity contribution in [3.05, 3.63) is 71.3 Å². The SMILES string of the molecule is O=CC1=C(Sc2ccccc2)N(c2ccccc2)C(=O)CC1. The van der Waals surface area contributed by atoms with E-state index >= 15 is 0 Å². The second-order valence-corrected chi connectivity index (χ2v) is 5.99. The Morgan fingerprint density at radius 1 is 0.909 bits per heavy atom. The number of aldehydes is 1. The van der Waals surface area contributed by atoms with E-state index in [2.05, 4.69) is 0 Å². The molecular weight excluding hydrogens is 294 g/mol. The molecule has 0 N–H and O–H groups in total. The smallest absolute Gasteiger partial charge is 0.232 e. The molecule has 0 saturated heterocycles. The number of rotatable bonds is 4. The predicted molar refractivity (Wildman–Crippen MR) is 88.6 cm³/mol. The zero-order chi connectivity index (χ0) is 15.4. The van der Waals surface area contributed by atoms with Gasteiger partial charge in [-0.2, -0.15) is 0 Å². The molecule has 2 aromatic rings. The summed E-state index contributed by atoms with van der Waals surface area (Å²) in [7, 11) is 0. The van der Waals surface area contributed by atoms with Crippen LogP contribution in [-0.4, -0.2) is 12.2 Å². The average molecular weight is 309 g/mol. The molecule has 110 valence electrons. The molecule has 0 aromatic heterocycles. The highest BCUT2D eigenvalue weighted by Gasteiger charge is 2.28. The Labute approximate surface area is 133 Å². The lowest BCUT2D eigenvalue weighted by Gasteiger charge is -2.30. The van der Waals surface area contributed by atoms with Gasteiger partial charge in [-0.1, -0.05) is 48.2 Å². The Balaban J connectivity index is 2.04. The Bertz CT molecular complexity index is 710. The fourth-order valence-corrected chi connectivity index (χ4v) is 3.47. The quantitative estimate of drug-likeness (QED) is 0.801. The summed E-state index contributed by atoms with van der Waals surface area (Å²) in [5.41, 5.74) is 1.47. The van der Waals surface area contributed by atoms with Crippen molar-refractivity contribution in [2.75, 3.05) is 4.90 Å². The molecule has 22 heavy (non-hydrogen) atoms. The number of para-hydroxylation sites is 1. The molecule has 0 atom stereocenters. The highest BCUT2D eigenvalue weighted by molar-refractivity contribution is 8.03. The number of carbonyl (C=O) groups excluding carboxylic acids is 2. The number of benzene rings is 2. The fourth-order valence-electron chi connectivity index (χ4n) is 2.38. The van der Waals surface area contributed by atoms with Crippen LogP contribution in [-0.2, 0) is 9.59 Å². The van der Waals surface area contributed by atoms with E-state index < -0.39 is 0 Å². The third kappa shape index (κ3) is 2.97. The summed E-state index contributed by atoms with van der Waals surface area (Å²) >= 11 is 1.46. The van der Waals surface area contributed by atoms with Gasteiger partial charge in [-0.05, 0) is 30.7 Å². The third-order valence-corrected chi connectivity index (χ3v) is 4.60. The van der Waals surface area contributed by atoms with E-state index in [-0.39, 0.29) is 5.91 Å². The van der Waals surface area contributed by atoms with Crippen LogP contribution in [0.5, 0.6) is 0 Å². The molecule has 0 aliphatic carbocycles. The highest BCUT2D eigenvalue weighted by Crippen LogP contribution is 2.38. The van der Waals surface area contributed by atoms with Crippen molar-refractivity contribution < 1.29 is 9.59 Å². The van der Waals surface area contributed by atoms with Crippen LogP contribution in [0.1, 0.15) is 12.8 Å². The first-order valence-electron chi connectivity index (χ1n) is 7.09. The maximum atomic E-state index is 12.4. The Morgan fingerprint density at radius 2 is 1.55 bits per heavy atom. The number of nitrogens with zero attached hydrogens (tertiary/aromatic N) is 1.